The zero-order valence-electron chi connectivity index (χ0n) is 13.7. The summed E-state index contributed by atoms with van der Waals surface area (Å²) in [5, 5.41) is 11.0. The second kappa shape index (κ2) is 7.48. The van der Waals surface area contributed by atoms with Crippen LogP contribution in [0.3, 0.4) is 0 Å². The fourth-order valence-electron chi connectivity index (χ4n) is 2.27. The van der Waals surface area contributed by atoms with E-state index in [4.69, 9.17) is 4.42 Å². The first-order valence-corrected chi connectivity index (χ1v) is 8.60. The van der Waals surface area contributed by atoms with Gasteiger partial charge in [-0.05, 0) is 49.2 Å². The third-order valence-electron chi connectivity index (χ3n) is 3.57. The predicted octanol–water partition coefficient (Wildman–Crippen LogP) is 4.22. The number of hydrogen-bond donors (Lipinski definition) is 1. The minimum Gasteiger partial charge on any atom is -0.411 e. The Hall–Kier alpha value is -2.67. The molecule has 0 aliphatic rings. The van der Waals surface area contributed by atoms with Gasteiger partial charge in [0.25, 0.3) is 5.22 Å². The van der Waals surface area contributed by atoms with Crippen molar-refractivity contribution in [2.45, 2.75) is 19.1 Å². The van der Waals surface area contributed by atoms with Crippen molar-refractivity contribution < 1.29 is 13.6 Å². The Morgan fingerprint density at radius 1 is 1.16 bits per heavy atom. The summed E-state index contributed by atoms with van der Waals surface area (Å²) >= 11 is 1.15. The van der Waals surface area contributed by atoms with Crippen molar-refractivity contribution >= 4 is 23.4 Å². The van der Waals surface area contributed by atoms with E-state index in [0.29, 0.717) is 22.4 Å². The number of anilines is 1. The molecule has 0 aliphatic carbocycles. The number of carbonyl (C=O) groups excluding carboxylic acids is 1. The second-order valence-corrected chi connectivity index (χ2v) is 6.41. The van der Waals surface area contributed by atoms with Gasteiger partial charge in [0.1, 0.15) is 5.82 Å². The molecule has 1 heterocycles. The van der Waals surface area contributed by atoms with Gasteiger partial charge < -0.3 is 9.73 Å². The molecule has 0 saturated carbocycles. The van der Waals surface area contributed by atoms with Crippen LogP contribution in [0.4, 0.5) is 10.1 Å². The van der Waals surface area contributed by atoms with Crippen molar-refractivity contribution in [2.75, 3.05) is 11.1 Å². The lowest BCUT2D eigenvalue weighted by atomic mass is 10.1. The summed E-state index contributed by atoms with van der Waals surface area (Å²) in [6.45, 7) is 3.70. The number of benzene rings is 2. The van der Waals surface area contributed by atoms with Gasteiger partial charge in [-0.1, -0.05) is 30.0 Å². The number of aryl methyl sites for hydroxylation is 2. The number of thioether (sulfide) groups is 1. The predicted molar refractivity (Wildman–Crippen MR) is 95.0 cm³/mol. The molecule has 1 aromatic heterocycles. The Labute approximate surface area is 148 Å². The first kappa shape index (κ1) is 17.2. The lowest BCUT2D eigenvalue weighted by Crippen LogP contribution is -2.14. The first-order chi connectivity index (χ1) is 12.0. The van der Waals surface area contributed by atoms with E-state index in [0.717, 1.165) is 22.9 Å². The van der Waals surface area contributed by atoms with Gasteiger partial charge in [-0.15, -0.1) is 10.2 Å². The third-order valence-corrected chi connectivity index (χ3v) is 4.39. The summed E-state index contributed by atoms with van der Waals surface area (Å²) in [5.41, 5.74) is 3.15. The van der Waals surface area contributed by atoms with Crippen LogP contribution in [0, 0.1) is 19.7 Å². The molecule has 0 spiro atoms. The van der Waals surface area contributed by atoms with Crippen molar-refractivity contribution in [3.05, 3.63) is 59.4 Å². The van der Waals surface area contributed by atoms with Crippen molar-refractivity contribution in [1.29, 1.82) is 0 Å². The molecule has 0 fully saturated rings. The SMILES string of the molecule is Cc1cc(F)ccc1NC(=O)CSc1nnc(-c2ccccc2C)o1. The molecule has 0 aliphatic heterocycles. The normalized spacial score (nSPS) is 10.7. The Kier molecular flexibility index (Phi) is 5.14. The van der Waals surface area contributed by atoms with Gasteiger partial charge in [-0.2, -0.15) is 0 Å². The third kappa shape index (κ3) is 4.24. The second-order valence-electron chi connectivity index (χ2n) is 5.48. The summed E-state index contributed by atoms with van der Waals surface area (Å²) in [5.74, 6) is -0.0168. The van der Waals surface area contributed by atoms with Crippen LogP contribution in [0.1, 0.15) is 11.1 Å². The van der Waals surface area contributed by atoms with Crippen LogP contribution in [-0.4, -0.2) is 21.9 Å². The molecular weight excluding hydrogens is 341 g/mol. The molecule has 0 bridgehead atoms. The van der Waals surface area contributed by atoms with E-state index in [1.807, 2.05) is 31.2 Å². The zero-order valence-corrected chi connectivity index (χ0v) is 14.6. The zero-order chi connectivity index (χ0) is 17.8. The maximum atomic E-state index is 13.1. The summed E-state index contributed by atoms with van der Waals surface area (Å²) in [4.78, 5) is 12.0. The quantitative estimate of drug-likeness (QED) is 0.692. The van der Waals surface area contributed by atoms with E-state index in [9.17, 15) is 9.18 Å². The van der Waals surface area contributed by atoms with Gasteiger partial charge in [0.15, 0.2) is 0 Å². The molecular formula is C18H16FN3O2S. The maximum absolute atomic E-state index is 13.1. The minimum absolute atomic E-state index is 0.117. The summed E-state index contributed by atoms with van der Waals surface area (Å²) in [6.07, 6.45) is 0. The molecule has 3 aromatic rings. The van der Waals surface area contributed by atoms with Gasteiger partial charge in [-0.25, -0.2) is 4.39 Å². The van der Waals surface area contributed by atoms with Crippen LogP contribution >= 0.6 is 11.8 Å². The number of aromatic nitrogens is 2. The molecule has 0 radical (unpaired) electrons. The fourth-order valence-corrected chi connectivity index (χ4v) is 2.83. The lowest BCUT2D eigenvalue weighted by molar-refractivity contribution is -0.113. The number of halogens is 1. The minimum atomic E-state index is -0.334. The number of nitrogens with one attached hydrogen (secondary N) is 1. The van der Waals surface area contributed by atoms with Crippen LogP contribution in [0.25, 0.3) is 11.5 Å². The molecule has 0 atom stereocenters. The molecule has 0 unspecified atom stereocenters. The van der Waals surface area contributed by atoms with Gasteiger partial charge >= 0.3 is 0 Å². The Morgan fingerprint density at radius 3 is 2.72 bits per heavy atom. The van der Waals surface area contributed by atoms with Crippen molar-refractivity contribution in [1.82, 2.24) is 10.2 Å². The summed E-state index contributed by atoms with van der Waals surface area (Å²) in [6, 6.07) is 11.9. The van der Waals surface area contributed by atoms with Gasteiger partial charge in [0.2, 0.25) is 11.8 Å². The topological polar surface area (TPSA) is 68.0 Å². The smallest absolute Gasteiger partial charge is 0.277 e. The van der Waals surface area contributed by atoms with E-state index in [1.54, 1.807) is 6.92 Å². The van der Waals surface area contributed by atoms with E-state index in [-0.39, 0.29) is 17.5 Å². The van der Waals surface area contributed by atoms with E-state index in [2.05, 4.69) is 15.5 Å². The van der Waals surface area contributed by atoms with Crippen molar-refractivity contribution in [3.8, 4) is 11.5 Å². The number of rotatable bonds is 5. The molecule has 128 valence electrons. The van der Waals surface area contributed by atoms with Gasteiger partial charge in [-0.3, -0.25) is 4.79 Å². The number of amides is 1. The Bertz CT molecular complexity index is 911. The van der Waals surface area contributed by atoms with E-state index in [1.165, 1.54) is 18.2 Å². The number of carbonyl (C=O) groups is 1. The standard InChI is InChI=1S/C18H16FN3O2S/c1-11-5-3-4-6-14(11)17-21-22-18(24-17)25-10-16(23)20-15-8-7-13(19)9-12(15)2/h3-9H,10H2,1-2H3,(H,20,23). The van der Waals surface area contributed by atoms with Crippen molar-refractivity contribution in [3.63, 3.8) is 0 Å². The van der Waals surface area contributed by atoms with Crippen LogP contribution in [0.2, 0.25) is 0 Å². The van der Waals surface area contributed by atoms with Crippen LogP contribution in [0.5, 0.6) is 0 Å². The molecule has 1 amide bonds. The highest BCUT2D eigenvalue weighted by Crippen LogP contribution is 2.25. The highest BCUT2D eigenvalue weighted by molar-refractivity contribution is 7.99. The highest BCUT2D eigenvalue weighted by atomic mass is 32.2. The van der Waals surface area contributed by atoms with E-state index < -0.39 is 0 Å². The Morgan fingerprint density at radius 2 is 1.96 bits per heavy atom. The van der Waals surface area contributed by atoms with Crippen LogP contribution < -0.4 is 5.32 Å². The lowest BCUT2D eigenvalue weighted by Gasteiger charge is -2.07. The van der Waals surface area contributed by atoms with Gasteiger partial charge in [0, 0.05) is 11.3 Å². The average Bonchev–Trinajstić information content (AvgIpc) is 3.05. The van der Waals surface area contributed by atoms with Crippen LogP contribution in [-0.2, 0) is 4.79 Å². The number of nitrogens with zero attached hydrogens (tertiary/aromatic N) is 2. The molecule has 2 aromatic carbocycles. The van der Waals surface area contributed by atoms with Gasteiger partial charge in [0.05, 0.1) is 5.75 Å². The highest BCUT2D eigenvalue weighted by Gasteiger charge is 2.13. The summed E-state index contributed by atoms with van der Waals surface area (Å²) < 4.78 is 18.7. The molecule has 5 nitrogen and oxygen atoms in total. The molecule has 3 rings (SSSR count). The summed E-state index contributed by atoms with van der Waals surface area (Å²) in [7, 11) is 0. The average molecular weight is 357 g/mol. The van der Waals surface area contributed by atoms with Crippen molar-refractivity contribution in [2.24, 2.45) is 0 Å². The molecule has 0 saturated heterocycles. The molecule has 7 heteroatoms. The van der Waals surface area contributed by atoms with E-state index >= 15 is 0 Å². The van der Waals surface area contributed by atoms with Crippen LogP contribution in [0.15, 0.2) is 52.1 Å². The monoisotopic (exact) mass is 357 g/mol. The maximum Gasteiger partial charge on any atom is 0.277 e. The molecule has 25 heavy (non-hydrogen) atoms. The fraction of sp³-hybridized carbons (Fsp3) is 0.167. The molecule has 1 N–H and O–H groups in total. The number of hydrogen-bond acceptors (Lipinski definition) is 5. The Balaban J connectivity index is 1.60. The largest absolute Gasteiger partial charge is 0.411 e. The first-order valence-electron chi connectivity index (χ1n) is 7.61.